The van der Waals surface area contributed by atoms with Gasteiger partial charge in [-0.3, -0.25) is 9.48 Å². The standard InChI is InChI=1S/C18H24N4O3S.ClH/c1-22-12-15(9-21-22)16-10-19-11-17(16)18(23)20-7-8-26(24,25)13-14-5-3-2-4-6-14;/h2-6,9,12,16-17,19H,7-8,10-11,13H2,1H3,(H,20,23);1H/t16-,17+;/m1./s1. The summed E-state index contributed by atoms with van der Waals surface area (Å²) in [6.07, 6.45) is 3.70. The molecule has 0 radical (unpaired) electrons. The van der Waals surface area contributed by atoms with Crippen LogP contribution in [0.2, 0.25) is 0 Å². The maximum absolute atomic E-state index is 12.5. The maximum Gasteiger partial charge on any atom is 0.225 e. The summed E-state index contributed by atoms with van der Waals surface area (Å²) in [7, 11) is -1.41. The highest BCUT2D eigenvalue weighted by molar-refractivity contribution is 7.90. The molecule has 7 nitrogen and oxygen atoms in total. The lowest BCUT2D eigenvalue weighted by atomic mass is 9.90. The van der Waals surface area contributed by atoms with Crippen molar-refractivity contribution in [2.45, 2.75) is 11.7 Å². The normalized spacial score (nSPS) is 19.4. The van der Waals surface area contributed by atoms with E-state index < -0.39 is 9.84 Å². The van der Waals surface area contributed by atoms with E-state index in [1.54, 1.807) is 23.0 Å². The fraction of sp³-hybridized carbons (Fsp3) is 0.444. The number of carbonyl (C=O) groups is 1. The number of nitrogens with one attached hydrogen (secondary N) is 2. The zero-order valence-electron chi connectivity index (χ0n) is 15.2. The van der Waals surface area contributed by atoms with Crippen LogP contribution in [0.5, 0.6) is 0 Å². The number of nitrogens with zero attached hydrogens (tertiary/aromatic N) is 2. The summed E-state index contributed by atoms with van der Waals surface area (Å²) in [4.78, 5) is 12.5. The molecule has 1 aromatic heterocycles. The largest absolute Gasteiger partial charge is 0.355 e. The van der Waals surface area contributed by atoms with Crippen molar-refractivity contribution in [3.05, 3.63) is 53.9 Å². The van der Waals surface area contributed by atoms with Gasteiger partial charge in [0.1, 0.15) is 0 Å². The van der Waals surface area contributed by atoms with Gasteiger partial charge in [-0.2, -0.15) is 5.10 Å². The molecule has 0 saturated carbocycles. The molecule has 0 unspecified atom stereocenters. The zero-order chi connectivity index (χ0) is 18.6. The van der Waals surface area contributed by atoms with Gasteiger partial charge in [-0.05, 0) is 11.1 Å². The van der Waals surface area contributed by atoms with E-state index in [9.17, 15) is 13.2 Å². The van der Waals surface area contributed by atoms with E-state index in [-0.39, 0.29) is 48.2 Å². The van der Waals surface area contributed by atoms with Crippen molar-refractivity contribution < 1.29 is 13.2 Å². The summed E-state index contributed by atoms with van der Waals surface area (Å²) in [6.45, 7) is 1.43. The number of amides is 1. The van der Waals surface area contributed by atoms with Gasteiger partial charge < -0.3 is 10.6 Å². The van der Waals surface area contributed by atoms with Crippen LogP contribution in [0.1, 0.15) is 17.0 Å². The number of carbonyl (C=O) groups excluding carboxylic acids is 1. The first kappa shape index (κ1) is 21.4. The second kappa shape index (κ2) is 9.34. The number of aryl methyl sites for hydroxylation is 1. The lowest BCUT2D eigenvalue weighted by Gasteiger charge is -2.17. The second-order valence-corrected chi connectivity index (χ2v) is 8.87. The number of aromatic nitrogens is 2. The molecule has 0 spiro atoms. The molecule has 2 N–H and O–H groups in total. The molecule has 1 amide bonds. The van der Waals surface area contributed by atoms with Crippen molar-refractivity contribution in [1.82, 2.24) is 20.4 Å². The summed E-state index contributed by atoms with van der Waals surface area (Å²) in [5.41, 5.74) is 1.78. The number of hydrogen-bond donors (Lipinski definition) is 2. The minimum atomic E-state index is -3.26. The second-order valence-electron chi connectivity index (χ2n) is 6.69. The average molecular weight is 413 g/mol. The molecule has 9 heteroatoms. The molecule has 0 bridgehead atoms. The number of benzene rings is 1. The van der Waals surface area contributed by atoms with Crippen LogP contribution < -0.4 is 10.6 Å². The van der Waals surface area contributed by atoms with E-state index in [1.807, 2.05) is 31.4 Å². The predicted molar refractivity (Wildman–Crippen MR) is 106 cm³/mol. The molecule has 27 heavy (non-hydrogen) atoms. The van der Waals surface area contributed by atoms with Crippen LogP contribution in [-0.4, -0.2) is 49.5 Å². The fourth-order valence-electron chi connectivity index (χ4n) is 3.30. The molecule has 1 fully saturated rings. The molecular formula is C18H25ClN4O3S. The van der Waals surface area contributed by atoms with E-state index in [0.29, 0.717) is 6.54 Å². The number of hydrogen-bond acceptors (Lipinski definition) is 5. The topological polar surface area (TPSA) is 93.1 Å². The van der Waals surface area contributed by atoms with Gasteiger partial charge in [0.15, 0.2) is 9.84 Å². The lowest BCUT2D eigenvalue weighted by molar-refractivity contribution is -0.124. The maximum atomic E-state index is 12.5. The highest BCUT2D eigenvalue weighted by Gasteiger charge is 2.34. The van der Waals surface area contributed by atoms with E-state index in [1.165, 1.54) is 0 Å². The summed E-state index contributed by atoms with van der Waals surface area (Å²) in [5, 5.41) is 10.2. The molecule has 2 heterocycles. The van der Waals surface area contributed by atoms with Gasteiger partial charge in [0.25, 0.3) is 0 Å². The average Bonchev–Trinajstić information content (AvgIpc) is 3.23. The third kappa shape index (κ3) is 5.79. The minimum Gasteiger partial charge on any atom is -0.355 e. The molecule has 2 aromatic rings. The first-order valence-corrected chi connectivity index (χ1v) is 10.5. The first-order valence-electron chi connectivity index (χ1n) is 8.66. The van der Waals surface area contributed by atoms with Crippen molar-refractivity contribution in [3.8, 4) is 0 Å². The lowest BCUT2D eigenvalue weighted by Crippen LogP contribution is -2.37. The molecule has 1 aliphatic rings. The smallest absolute Gasteiger partial charge is 0.225 e. The Kier molecular flexibility index (Phi) is 7.41. The van der Waals surface area contributed by atoms with Crippen molar-refractivity contribution in [1.29, 1.82) is 0 Å². The van der Waals surface area contributed by atoms with Gasteiger partial charge in [0, 0.05) is 38.8 Å². The predicted octanol–water partition coefficient (Wildman–Crippen LogP) is 0.876. The Morgan fingerprint density at radius 1 is 1.30 bits per heavy atom. The SMILES string of the molecule is Cl.Cn1cc([C@H]2CNC[C@@H]2C(=O)NCCS(=O)(=O)Cc2ccccc2)cn1. The van der Waals surface area contributed by atoms with Crippen LogP contribution in [0.3, 0.4) is 0 Å². The van der Waals surface area contributed by atoms with Gasteiger partial charge in [0.2, 0.25) is 5.91 Å². The summed E-state index contributed by atoms with van der Waals surface area (Å²) in [5.74, 6) is -0.336. The molecule has 2 atom stereocenters. The Morgan fingerprint density at radius 2 is 2.04 bits per heavy atom. The quantitative estimate of drug-likeness (QED) is 0.704. The van der Waals surface area contributed by atoms with Gasteiger partial charge >= 0.3 is 0 Å². The summed E-state index contributed by atoms with van der Waals surface area (Å²) in [6, 6.07) is 9.07. The van der Waals surface area contributed by atoms with Crippen LogP contribution >= 0.6 is 12.4 Å². The fourth-order valence-corrected chi connectivity index (χ4v) is 4.55. The number of rotatable bonds is 7. The summed E-state index contributed by atoms with van der Waals surface area (Å²) < 4.78 is 26.2. The third-order valence-electron chi connectivity index (χ3n) is 4.65. The third-order valence-corrected chi connectivity index (χ3v) is 6.24. The number of sulfone groups is 1. The van der Waals surface area contributed by atoms with Gasteiger partial charge in [-0.1, -0.05) is 30.3 Å². The zero-order valence-corrected chi connectivity index (χ0v) is 16.8. The van der Waals surface area contributed by atoms with Crippen LogP contribution in [0, 0.1) is 5.92 Å². The van der Waals surface area contributed by atoms with Crippen LogP contribution in [0.4, 0.5) is 0 Å². The first-order chi connectivity index (χ1) is 12.4. The van der Waals surface area contributed by atoms with E-state index in [4.69, 9.17) is 0 Å². The van der Waals surface area contributed by atoms with Crippen molar-refractivity contribution in [3.63, 3.8) is 0 Å². The highest BCUT2D eigenvalue weighted by Crippen LogP contribution is 2.27. The highest BCUT2D eigenvalue weighted by atomic mass is 35.5. The molecule has 1 saturated heterocycles. The van der Waals surface area contributed by atoms with Gasteiger partial charge in [0.05, 0.1) is 23.6 Å². The molecule has 1 aromatic carbocycles. The molecule has 3 rings (SSSR count). The Hall–Kier alpha value is -1.90. The van der Waals surface area contributed by atoms with E-state index in [0.717, 1.165) is 17.7 Å². The molecule has 1 aliphatic heterocycles. The van der Waals surface area contributed by atoms with E-state index in [2.05, 4.69) is 15.7 Å². The monoisotopic (exact) mass is 412 g/mol. The van der Waals surface area contributed by atoms with Gasteiger partial charge in [-0.25, -0.2) is 8.42 Å². The van der Waals surface area contributed by atoms with E-state index >= 15 is 0 Å². The van der Waals surface area contributed by atoms with Crippen LogP contribution in [0.15, 0.2) is 42.7 Å². The van der Waals surface area contributed by atoms with Gasteiger partial charge in [-0.15, -0.1) is 12.4 Å². The Morgan fingerprint density at radius 3 is 2.70 bits per heavy atom. The Balaban J connectivity index is 0.00000261. The van der Waals surface area contributed by atoms with Crippen LogP contribution in [-0.2, 0) is 27.4 Å². The van der Waals surface area contributed by atoms with Crippen molar-refractivity contribution >= 4 is 28.2 Å². The Bertz CT molecular complexity index is 855. The minimum absolute atomic E-state index is 0. The molecular weight excluding hydrogens is 388 g/mol. The Labute approximate surface area is 165 Å². The molecule has 148 valence electrons. The summed E-state index contributed by atoms with van der Waals surface area (Å²) >= 11 is 0. The van der Waals surface area contributed by atoms with Crippen molar-refractivity contribution in [2.24, 2.45) is 13.0 Å². The van der Waals surface area contributed by atoms with Crippen LogP contribution in [0.25, 0.3) is 0 Å². The van der Waals surface area contributed by atoms with Crippen molar-refractivity contribution in [2.75, 3.05) is 25.4 Å². The number of halogens is 1. The molecule has 0 aliphatic carbocycles.